The molecule has 0 bridgehead atoms. The Kier molecular flexibility index (Phi) is 4.97. The van der Waals surface area contributed by atoms with Gasteiger partial charge in [-0.2, -0.15) is 0 Å². The third-order valence-electron chi connectivity index (χ3n) is 6.71. The Morgan fingerprint density at radius 1 is 1.32 bits per heavy atom. The van der Waals surface area contributed by atoms with Crippen LogP contribution in [-0.2, 0) is 16.0 Å². The number of fused-ring (bicyclic) bond motifs is 3. The van der Waals surface area contributed by atoms with Crippen LogP contribution in [0.15, 0.2) is 42.7 Å². The number of H-pyrrole nitrogens is 1. The van der Waals surface area contributed by atoms with Crippen molar-refractivity contribution in [2.24, 2.45) is 5.41 Å². The van der Waals surface area contributed by atoms with Crippen molar-refractivity contribution in [3.8, 4) is 0 Å². The molecule has 2 aromatic heterocycles. The topological polar surface area (TPSA) is 75.3 Å². The van der Waals surface area contributed by atoms with Crippen LogP contribution in [0.2, 0.25) is 5.02 Å². The summed E-state index contributed by atoms with van der Waals surface area (Å²) in [5, 5.41) is 1.72. The molecule has 1 unspecified atom stereocenters. The van der Waals surface area contributed by atoms with Crippen LogP contribution >= 0.6 is 11.6 Å². The first-order valence-electron chi connectivity index (χ1n) is 10.7. The lowest BCUT2D eigenvalue weighted by molar-refractivity contribution is -0.168. The van der Waals surface area contributed by atoms with Gasteiger partial charge in [0, 0.05) is 40.6 Å². The number of benzene rings is 1. The Morgan fingerprint density at radius 2 is 2.16 bits per heavy atom. The second-order valence-electron chi connectivity index (χ2n) is 8.33. The van der Waals surface area contributed by atoms with Gasteiger partial charge in [-0.25, -0.2) is 0 Å². The van der Waals surface area contributed by atoms with Crippen LogP contribution in [0.3, 0.4) is 0 Å². The van der Waals surface area contributed by atoms with Crippen LogP contribution in [0.5, 0.6) is 0 Å². The van der Waals surface area contributed by atoms with Crippen LogP contribution in [0, 0.1) is 5.41 Å². The molecule has 2 aliphatic rings. The van der Waals surface area contributed by atoms with E-state index in [4.69, 9.17) is 16.3 Å². The molecule has 1 atom stereocenters. The fraction of sp³-hybridized carbons (Fsp3) is 0.375. The van der Waals surface area contributed by atoms with Gasteiger partial charge in [0.05, 0.1) is 23.6 Å². The molecule has 3 aromatic rings. The maximum absolute atomic E-state index is 13.6. The fourth-order valence-corrected chi connectivity index (χ4v) is 5.30. The van der Waals surface area contributed by atoms with E-state index in [1.165, 1.54) is 0 Å². The minimum atomic E-state index is -0.742. The summed E-state index contributed by atoms with van der Waals surface area (Å²) < 4.78 is 5.52. The SMILES string of the molecule is CCOC(=O)C1(C2c3[nH]c4ccc(Cl)cc4c3CCN2C(=O)c2cccnc2)CCC1. The monoisotopic (exact) mass is 437 g/mol. The molecule has 5 rings (SSSR count). The normalized spacial score (nSPS) is 19.5. The van der Waals surface area contributed by atoms with E-state index in [1.807, 2.05) is 30.0 Å². The van der Waals surface area contributed by atoms with Crippen molar-refractivity contribution in [3.05, 3.63) is 64.6 Å². The number of hydrogen-bond donors (Lipinski definition) is 1. The van der Waals surface area contributed by atoms with Gasteiger partial charge >= 0.3 is 5.97 Å². The first-order chi connectivity index (χ1) is 15.0. The number of halogens is 1. The van der Waals surface area contributed by atoms with Gasteiger partial charge in [-0.3, -0.25) is 14.6 Å². The van der Waals surface area contributed by atoms with Gasteiger partial charge in [-0.15, -0.1) is 0 Å². The highest BCUT2D eigenvalue weighted by Crippen LogP contribution is 2.56. The van der Waals surface area contributed by atoms with E-state index in [0.29, 0.717) is 43.0 Å². The molecule has 0 spiro atoms. The van der Waals surface area contributed by atoms with Gasteiger partial charge in [0.2, 0.25) is 0 Å². The fourth-order valence-electron chi connectivity index (χ4n) is 5.13. The van der Waals surface area contributed by atoms with Gasteiger partial charge in [-0.1, -0.05) is 18.0 Å². The molecule has 1 saturated carbocycles. The summed E-state index contributed by atoms with van der Waals surface area (Å²) in [4.78, 5) is 36.3. The first-order valence-corrected chi connectivity index (χ1v) is 11.1. The minimum Gasteiger partial charge on any atom is -0.465 e. The molecule has 160 valence electrons. The van der Waals surface area contributed by atoms with Gasteiger partial charge in [0.15, 0.2) is 0 Å². The van der Waals surface area contributed by atoms with E-state index >= 15 is 0 Å². The average Bonchev–Trinajstić information content (AvgIpc) is 3.11. The predicted octanol–water partition coefficient (Wildman–Crippen LogP) is 4.69. The molecule has 1 aliphatic heterocycles. The van der Waals surface area contributed by atoms with Gasteiger partial charge < -0.3 is 14.6 Å². The third-order valence-corrected chi connectivity index (χ3v) is 6.94. The lowest BCUT2D eigenvalue weighted by Gasteiger charge is -2.51. The number of aromatic nitrogens is 2. The van der Waals surface area contributed by atoms with E-state index in [2.05, 4.69) is 9.97 Å². The number of hydrogen-bond acceptors (Lipinski definition) is 4. The van der Waals surface area contributed by atoms with Crippen LogP contribution < -0.4 is 0 Å². The van der Waals surface area contributed by atoms with E-state index < -0.39 is 11.5 Å². The number of aromatic amines is 1. The number of nitrogens with one attached hydrogen (secondary N) is 1. The van der Waals surface area contributed by atoms with Crippen LogP contribution in [0.1, 0.15) is 53.8 Å². The number of carbonyl (C=O) groups excluding carboxylic acids is 2. The molecular weight excluding hydrogens is 414 g/mol. The lowest BCUT2D eigenvalue weighted by Crippen LogP contribution is -2.54. The smallest absolute Gasteiger partial charge is 0.314 e. The van der Waals surface area contributed by atoms with Gasteiger partial charge in [0.25, 0.3) is 5.91 Å². The zero-order chi connectivity index (χ0) is 21.6. The number of amides is 1. The summed E-state index contributed by atoms with van der Waals surface area (Å²) >= 11 is 6.27. The second-order valence-corrected chi connectivity index (χ2v) is 8.77. The highest BCUT2D eigenvalue weighted by atomic mass is 35.5. The van der Waals surface area contributed by atoms with Gasteiger partial charge in [-0.05, 0) is 62.1 Å². The zero-order valence-electron chi connectivity index (χ0n) is 17.4. The molecular formula is C24H24ClN3O3. The maximum Gasteiger partial charge on any atom is 0.314 e. The van der Waals surface area contributed by atoms with E-state index in [-0.39, 0.29) is 11.9 Å². The number of ether oxygens (including phenoxy) is 1. The van der Waals surface area contributed by atoms with Crippen molar-refractivity contribution in [3.63, 3.8) is 0 Å². The number of nitrogens with zero attached hydrogens (tertiary/aromatic N) is 2. The number of pyridine rings is 1. The van der Waals surface area contributed by atoms with Crippen molar-refractivity contribution < 1.29 is 14.3 Å². The Morgan fingerprint density at radius 3 is 2.84 bits per heavy atom. The summed E-state index contributed by atoms with van der Waals surface area (Å²) in [5.41, 5.74) is 2.80. The van der Waals surface area contributed by atoms with Gasteiger partial charge in [0.1, 0.15) is 0 Å². The number of esters is 1. The third kappa shape index (κ3) is 3.12. The predicted molar refractivity (Wildman–Crippen MR) is 118 cm³/mol. The summed E-state index contributed by atoms with van der Waals surface area (Å²) in [6.07, 6.45) is 6.25. The standard InChI is InChI=1S/C24H24ClN3O3/c1-2-31-23(30)24(9-4-10-24)21-20-17(18-13-16(25)6-7-19(18)27-20)8-12-28(21)22(29)15-5-3-11-26-14-15/h3,5-7,11,13-14,21,27H,2,4,8-10,12H2,1H3. The molecule has 1 aliphatic carbocycles. The molecule has 1 fully saturated rings. The molecule has 0 radical (unpaired) electrons. The van der Waals surface area contributed by atoms with E-state index in [0.717, 1.165) is 28.6 Å². The van der Waals surface area contributed by atoms with Crippen molar-refractivity contribution in [1.82, 2.24) is 14.9 Å². The number of carbonyl (C=O) groups is 2. The highest BCUT2D eigenvalue weighted by molar-refractivity contribution is 6.31. The molecule has 3 heterocycles. The van der Waals surface area contributed by atoms with Crippen LogP contribution in [0.4, 0.5) is 0 Å². The number of rotatable bonds is 4. The average molecular weight is 438 g/mol. The van der Waals surface area contributed by atoms with E-state index in [9.17, 15) is 9.59 Å². The molecule has 31 heavy (non-hydrogen) atoms. The molecule has 0 saturated heterocycles. The summed E-state index contributed by atoms with van der Waals surface area (Å²) in [5.74, 6) is -0.337. The quantitative estimate of drug-likeness (QED) is 0.601. The Hall–Kier alpha value is -2.86. The Labute approximate surface area is 185 Å². The molecule has 1 amide bonds. The molecule has 6 nitrogen and oxygen atoms in total. The Bertz CT molecular complexity index is 1150. The zero-order valence-corrected chi connectivity index (χ0v) is 18.1. The highest BCUT2D eigenvalue weighted by Gasteiger charge is 2.57. The summed E-state index contributed by atoms with van der Waals surface area (Å²) in [6, 6.07) is 8.88. The lowest BCUT2D eigenvalue weighted by atomic mass is 9.61. The first kappa shape index (κ1) is 20.1. The molecule has 1 N–H and O–H groups in total. The van der Waals surface area contributed by atoms with Crippen molar-refractivity contribution >= 4 is 34.4 Å². The van der Waals surface area contributed by atoms with Crippen molar-refractivity contribution in [2.75, 3.05) is 13.2 Å². The van der Waals surface area contributed by atoms with Crippen molar-refractivity contribution in [2.45, 2.75) is 38.6 Å². The summed E-state index contributed by atoms with van der Waals surface area (Å²) in [6.45, 7) is 2.66. The van der Waals surface area contributed by atoms with E-state index in [1.54, 1.807) is 24.5 Å². The minimum absolute atomic E-state index is 0.115. The van der Waals surface area contributed by atoms with Crippen molar-refractivity contribution in [1.29, 1.82) is 0 Å². The largest absolute Gasteiger partial charge is 0.465 e. The maximum atomic E-state index is 13.6. The van der Waals surface area contributed by atoms with Crippen LogP contribution in [-0.4, -0.2) is 39.9 Å². The molecule has 1 aromatic carbocycles. The Balaban J connectivity index is 1.67. The second kappa shape index (κ2) is 7.68. The molecule has 7 heteroatoms. The summed E-state index contributed by atoms with van der Waals surface area (Å²) in [7, 11) is 0. The van der Waals surface area contributed by atoms with Crippen LogP contribution in [0.25, 0.3) is 10.9 Å².